The number of methoxy groups -OCH3 is 1. The molecule has 0 heterocycles. The van der Waals surface area contributed by atoms with E-state index >= 15 is 0 Å². The SMILES string of the molecule is COCCCCOCCC[Si](C)(O[Si](C)(C)C)O[Si](C)(C)C. The molecule has 0 aliphatic carbocycles. The topological polar surface area (TPSA) is 36.9 Å². The summed E-state index contributed by atoms with van der Waals surface area (Å²) in [5.74, 6) is 0. The third kappa shape index (κ3) is 14.1. The van der Waals surface area contributed by atoms with Crippen molar-refractivity contribution >= 4 is 25.2 Å². The smallest absolute Gasteiger partial charge is 0.314 e. The van der Waals surface area contributed by atoms with Crippen molar-refractivity contribution in [1.29, 1.82) is 0 Å². The van der Waals surface area contributed by atoms with Crippen molar-refractivity contribution < 1.29 is 17.7 Å². The zero-order valence-corrected chi connectivity index (χ0v) is 19.1. The second kappa shape index (κ2) is 10.4. The van der Waals surface area contributed by atoms with Gasteiger partial charge in [0.15, 0.2) is 16.6 Å². The number of hydrogen-bond acceptors (Lipinski definition) is 4. The molecule has 0 spiro atoms. The first-order chi connectivity index (χ1) is 9.97. The molecular formula is C15H38O4Si3. The first-order valence-corrected chi connectivity index (χ1v) is 17.8. The molecule has 134 valence electrons. The van der Waals surface area contributed by atoms with Gasteiger partial charge in [-0.1, -0.05) is 0 Å². The predicted octanol–water partition coefficient (Wildman–Crippen LogP) is 4.59. The van der Waals surface area contributed by atoms with E-state index in [-0.39, 0.29) is 0 Å². The minimum absolute atomic E-state index is 0.805. The van der Waals surface area contributed by atoms with Gasteiger partial charge in [0.1, 0.15) is 0 Å². The summed E-state index contributed by atoms with van der Waals surface area (Å²) in [5.41, 5.74) is 0. The van der Waals surface area contributed by atoms with Crippen LogP contribution in [0.15, 0.2) is 0 Å². The van der Waals surface area contributed by atoms with E-state index in [1.165, 1.54) is 0 Å². The second-order valence-corrected chi connectivity index (χ2v) is 20.8. The summed E-state index contributed by atoms with van der Waals surface area (Å²) in [6.45, 7) is 18.2. The van der Waals surface area contributed by atoms with Gasteiger partial charge in [0.05, 0.1) is 0 Å². The fourth-order valence-electron chi connectivity index (χ4n) is 2.47. The van der Waals surface area contributed by atoms with Crippen LogP contribution in [0.25, 0.3) is 0 Å². The minimum atomic E-state index is -2.08. The Morgan fingerprint density at radius 3 is 1.55 bits per heavy atom. The highest BCUT2D eigenvalue weighted by molar-refractivity contribution is 6.87. The van der Waals surface area contributed by atoms with Gasteiger partial charge in [-0.3, -0.25) is 0 Å². The Kier molecular flexibility index (Phi) is 10.6. The maximum absolute atomic E-state index is 6.48. The van der Waals surface area contributed by atoms with Crippen molar-refractivity contribution in [3.05, 3.63) is 0 Å². The molecule has 0 fully saturated rings. The predicted molar refractivity (Wildman–Crippen MR) is 102 cm³/mol. The molecule has 0 bridgehead atoms. The monoisotopic (exact) mass is 366 g/mol. The molecule has 7 heteroatoms. The third-order valence-electron chi connectivity index (χ3n) is 2.85. The van der Waals surface area contributed by atoms with Crippen LogP contribution in [-0.2, 0) is 17.7 Å². The first-order valence-electron chi connectivity index (χ1n) is 8.44. The Balaban J connectivity index is 4.14. The van der Waals surface area contributed by atoms with Crippen molar-refractivity contribution in [3.63, 3.8) is 0 Å². The average Bonchev–Trinajstić information content (AvgIpc) is 2.27. The van der Waals surface area contributed by atoms with Crippen LogP contribution in [0.3, 0.4) is 0 Å². The lowest BCUT2D eigenvalue weighted by Crippen LogP contribution is -2.52. The van der Waals surface area contributed by atoms with Crippen LogP contribution in [0, 0.1) is 0 Å². The number of rotatable bonds is 13. The van der Waals surface area contributed by atoms with Gasteiger partial charge in [0.2, 0.25) is 0 Å². The van der Waals surface area contributed by atoms with E-state index in [1.807, 2.05) is 0 Å². The van der Waals surface area contributed by atoms with Crippen molar-refractivity contribution in [1.82, 2.24) is 0 Å². The molecule has 0 aromatic carbocycles. The van der Waals surface area contributed by atoms with E-state index in [4.69, 9.17) is 17.7 Å². The maximum Gasteiger partial charge on any atom is 0.314 e. The molecule has 0 N–H and O–H groups in total. The molecule has 0 aromatic heterocycles. The summed E-state index contributed by atoms with van der Waals surface area (Å²) < 4.78 is 23.7. The largest absolute Gasteiger partial charge is 0.437 e. The summed E-state index contributed by atoms with van der Waals surface area (Å²) in [5, 5.41) is 0. The van der Waals surface area contributed by atoms with Crippen LogP contribution < -0.4 is 0 Å². The molecule has 0 aliphatic rings. The van der Waals surface area contributed by atoms with Crippen LogP contribution in [-0.4, -0.2) is 52.1 Å². The molecule has 22 heavy (non-hydrogen) atoms. The molecule has 0 unspecified atom stereocenters. The normalized spacial score (nSPS) is 13.6. The van der Waals surface area contributed by atoms with Crippen molar-refractivity contribution in [2.24, 2.45) is 0 Å². The molecule has 0 radical (unpaired) electrons. The Labute approximate surface area is 141 Å². The van der Waals surface area contributed by atoms with E-state index in [9.17, 15) is 0 Å². The summed E-state index contributed by atoms with van der Waals surface area (Å²) in [7, 11) is -3.50. The van der Waals surface area contributed by atoms with Crippen LogP contribution in [0.5, 0.6) is 0 Å². The molecule has 0 aromatic rings. The second-order valence-electron chi connectivity index (χ2n) is 7.98. The Bertz CT molecular complexity index is 271. The summed E-state index contributed by atoms with van der Waals surface area (Å²) in [4.78, 5) is 0. The van der Waals surface area contributed by atoms with Gasteiger partial charge in [-0.05, 0) is 71.1 Å². The fraction of sp³-hybridized carbons (Fsp3) is 1.00. The molecule has 0 atom stereocenters. The van der Waals surface area contributed by atoms with Gasteiger partial charge in [0, 0.05) is 26.9 Å². The quantitative estimate of drug-likeness (QED) is 0.353. The zero-order chi connectivity index (χ0) is 17.3. The van der Waals surface area contributed by atoms with Gasteiger partial charge in [-0.25, -0.2) is 0 Å². The molecule has 0 rings (SSSR count). The molecule has 0 aliphatic heterocycles. The van der Waals surface area contributed by atoms with Gasteiger partial charge in [-0.15, -0.1) is 0 Å². The van der Waals surface area contributed by atoms with Crippen LogP contribution in [0.1, 0.15) is 19.3 Å². The van der Waals surface area contributed by atoms with E-state index in [1.54, 1.807) is 7.11 Å². The number of hydrogen-bond donors (Lipinski definition) is 0. The third-order valence-corrected chi connectivity index (χ3v) is 12.5. The molecule has 0 saturated carbocycles. The van der Waals surface area contributed by atoms with E-state index in [2.05, 4.69) is 45.8 Å². The highest BCUT2D eigenvalue weighted by Gasteiger charge is 2.39. The lowest BCUT2D eigenvalue weighted by Gasteiger charge is -2.38. The van der Waals surface area contributed by atoms with Gasteiger partial charge in [0.25, 0.3) is 0 Å². The standard InChI is InChI=1S/C15H38O4Si3/c1-16-12-9-10-13-17-14-11-15-22(8,18-20(2,3)4)19-21(5,6)7/h9-15H2,1-8H3. The summed E-state index contributed by atoms with van der Waals surface area (Å²) in [6, 6.07) is 1.03. The van der Waals surface area contributed by atoms with Crippen LogP contribution >= 0.6 is 0 Å². The number of ether oxygens (including phenoxy) is 2. The molecule has 0 saturated heterocycles. The Hall–Kier alpha value is 0.491. The zero-order valence-electron chi connectivity index (χ0n) is 16.1. The van der Waals surface area contributed by atoms with Crippen LogP contribution in [0.2, 0.25) is 51.9 Å². The summed E-state index contributed by atoms with van der Waals surface area (Å²) in [6.07, 6.45) is 3.17. The van der Waals surface area contributed by atoms with Crippen molar-refractivity contribution in [2.75, 3.05) is 26.9 Å². The Morgan fingerprint density at radius 2 is 1.09 bits per heavy atom. The van der Waals surface area contributed by atoms with Gasteiger partial charge in [-0.2, -0.15) is 0 Å². The number of unbranched alkanes of at least 4 members (excludes halogenated alkanes) is 1. The molecule has 0 amide bonds. The van der Waals surface area contributed by atoms with E-state index in [0.29, 0.717) is 0 Å². The van der Waals surface area contributed by atoms with E-state index in [0.717, 1.165) is 45.1 Å². The highest BCUT2D eigenvalue weighted by atomic mass is 28.5. The summed E-state index contributed by atoms with van der Waals surface area (Å²) >= 11 is 0. The molecular weight excluding hydrogens is 328 g/mol. The highest BCUT2D eigenvalue weighted by Crippen LogP contribution is 2.25. The minimum Gasteiger partial charge on any atom is -0.437 e. The van der Waals surface area contributed by atoms with Gasteiger partial charge >= 0.3 is 8.56 Å². The lowest BCUT2D eigenvalue weighted by molar-refractivity contribution is 0.118. The van der Waals surface area contributed by atoms with Crippen molar-refractivity contribution in [2.45, 2.75) is 71.1 Å². The first kappa shape index (κ1) is 22.5. The van der Waals surface area contributed by atoms with E-state index < -0.39 is 25.2 Å². The fourth-order valence-corrected chi connectivity index (χ4v) is 15.0. The lowest BCUT2D eigenvalue weighted by atomic mass is 10.3. The average molecular weight is 367 g/mol. The Morgan fingerprint density at radius 1 is 0.636 bits per heavy atom. The van der Waals surface area contributed by atoms with Crippen molar-refractivity contribution in [3.8, 4) is 0 Å². The van der Waals surface area contributed by atoms with Crippen LogP contribution in [0.4, 0.5) is 0 Å². The maximum atomic E-state index is 6.48. The molecule has 4 nitrogen and oxygen atoms in total. The van der Waals surface area contributed by atoms with Gasteiger partial charge < -0.3 is 17.7 Å².